The maximum absolute atomic E-state index is 13.5. The third-order valence-corrected chi connectivity index (χ3v) is 7.23. The van der Waals surface area contributed by atoms with Crippen LogP contribution in [0.2, 0.25) is 0 Å². The molecule has 0 bridgehead atoms. The van der Waals surface area contributed by atoms with Gasteiger partial charge in [0.05, 0.1) is 44.8 Å². The molecule has 0 spiro atoms. The Morgan fingerprint density at radius 3 is 1.58 bits per heavy atom. The van der Waals surface area contributed by atoms with E-state index in [0.717, 1.165) is 21.9 Å². The Kier molecular flexibility index (Phi) is 5.37. The number of aromatic nitrogens is 1. The molecular weight excluding hydrogens is 558 g/mol. The summed E-state index contributed by atoms with van der Waals surface area (Å²) in [7, 11) is 0. The number of hydrogen-bond acceptors (Lipinski definition) is 8. The van der Waals surface area contributed by atoms with E-state index in [2.05, 4.69) is 4.98 Å². The number of anilines is 2. The van der Waals surface area contributed by atoms with Crippen LogP contribution >= 0.6 is 0 Å². The van der Waals surface area contributed by atoms with Crippen molar-refractivity contribution in [3.8, 4) is 11.5 Å². The quantitative estimate of drug-likeness (QED) is 0.285. The van der Waals surface area contributed by atoms with Crippen molar-refractivity contribution in [1.29, 1.82) is 0 Å². The van der Waals surface area contributed by atoms with Gasteiger partial charge in [0.2, 0.25) is 5.89 Å². The van der Waals surface area contributed by atoms with Crippen molar-refractivity contribution in [2.24, 2.45) is 0 Å². The SMILES string of the molecule is O=C(O)c1ccc2c(c1)C(=O)N(c1cc(-c3nc4ccccc4o3)cc(N3C(=O)c4ccc(C(=O)O)cc4C3=O)c1)C2=O. The van der Waals surface area contributed by atoms with Crippen molar-refractivity contribution < 1.29 is 43.4 Å². The maximum Gasteiger partial charge on any atom is 0.335 e. The van der Waals surface area contributed by atoms with Gasteiger partial charge in [0.25, 0.3) is 23.6 Å². The van der Waals surface area contributed by atoms with Crippen LogP contribution in [-0.2, 0) is 0 Å². The van der Waals surface area contributed by atoms with Crippen LogP contribution in [-0.4, -0.2) is 50.8 Å². The standard InChI is InChI=1S/C31H15N3O9/c35-26-19-7-5-14(30(39)40)11-21(19)28(37)33(26)17-9-16(25-32-23-3-1-2-4-24(23)43-25)10-18(13-17)34-27(36)20-8-6-15(31(41)42)12-22(20)29(34)38/h1-13H,(H,39,40)(H,41,42). The van der Waals surface area contributed by atoms with Gasteiger partial charge in [0.15, 0.2) is 5.58 Å². The minimum absolute atomic E-state index is 0.0225. The topological polar surface area (TPSA) is 175 Å². The molecule has 0 fully saturated rings. The van der Waals surface area contributed by atoms with Crippen LogP contribution in [0.5, 0.6) is 0 Å². The fourth-order valence-corrected chi connectivity index (χ4v) is 5.19. The summed E-state index contributed by atoms with van der Waals surface area (Å²) in [5, 5.41) is 18.7. The normalized spacial score (nSPS) is 14.0. The first kappa shape index (κ1) is 25.5. The first-order chi connectivity index (χ1) is 20.6. The van der Waals surface area contributed by atoms with Crippen LogP contribution in [0.15, 0.2) is 83.3 Å². The minimum Gasteiger partial charge on any atom is -0.478 e. The van der Waals surface area contributed by atoms with Crippen LogP contribution < -0.4 is 9.80 Å². The highest BCUT2D eigenvalue weighted by Gasteiger charge is 2.40. The van der Waals surface area contributed by atoms with Crippen molar-refractivity contribution in [3.05, 3.63) is 112 Å². The number of aromatic carboxylic acids is 2. The van der Waals surface area contributed by atoms with Crippen LogP contribution in [0.4, 0.5) is 11.4 Å². The van der Waals surface area contributed by atoms with Crippen LogP contribution in [0, 0.1) is 0 Å². The summed E-state index contributed by atoms with van der Waals surface area (Å²) in [6.07, 6.45) is 0. The minimum atomic E-state index is -1.28. The first-order valence-corrected chi connectivity index (χ1v) is 12.7. The number of carbonyl (C=O) groups excluding carboxylic acids is 4. The molecule has 5 aromatic rings. The smallest absolute Gasteiger partial charge is 0.335 e. The summed E-state index contributed by atoms with van der Waals surface area (Å²) >= 11 is 0. The molecule has 43 heavy (non-hydrogen) atoms. The number of hydrogen-bond donors (Lipinski definition) is 2. The summed E-state index contributed by atoms with van der Waals surface area (Å²) < 4.78 is 5.89. The Morgan fingerprint density at radius 2 is 1.09 bits per heavy atom. The number of amides is 4. The zero-order chi connectivity index (χ0) is 30.2. The van der Waals surface area contributed by atoms with E-state index in [1.54, 1.807) is 24.3 Å². The number of fused-ring (bicyclic) bond motifs is 3. The van der Waals surface area contributed by atoms with E-state index in [-0.39, 0.29) is 56.2 Å². The van der Waals surface area contributed by atoms with Crippen molar-refractivity contribution in [3.63, 3.8) is 0 Å². The molecule has 0 unspecified atom stereocenters. The number of oxazole rings is 1. The lowest BCUT2D eigenvalue weighted by Crippen LogP contribution is -2.32. The number of para-hydroxylation sites is 2. The zero-order valence-corrected chi connectivity index (χ0v) is 21.6. The molecule has 208 valence electrons. The van der Waals surface area contributed by atoms with Crippen molar-refractivity contribution in [1.82, 2.24) is 4.98 Å². The molecule has 2 aliphatic rings. The Balaban J connectivity index is 1.39. The third kappa shape index (κ3) is 3.81. The zero-order valence-electron chi connectivity index (χ0n) is 21.6. The van der Waals surface area contributed by atoms with E-state index in [0.29, 0.717) is 11.1 Å². The van der Waals surface area contributed by atoms with E-state index >= 15 is 0 Å². The lowest BCUT2D eigenvalue weighted by Gasteiger charge is -2.20. The number of carboxylic acid groups (broad SMARTS) is 2. The average Bonchev–Trinajstić information content (AvgIpc) is 3.62. The van der Waals surface area contributed by atoms with E-state index in [1.807, 2.05) is 0 Å². The number of imide groups is 2. The number of nitrogens with zero attached hydrogens (tertiary/aromatic N) is 3. The molecule has 12 heteroatoms. The molecule has 2 N–H and O–H groups in total. The summed E-state index contributed by atoms with van der Waals surface area (Å²) in [5.41, 5.74) is 0.415. The van der Waals surface area contributed by atoms with Gasteiger partial charge in [-0.25, -0.2) is 24.4 Å². The second-order valence-corrected chi connectivity index (χ2v) is 9.75. The van der Waals surface area contributed by atoms with Gasteiger partial charge in [0.1, 0.15) is 5.52 Å². The highest BCUT2D eigenvalue weighted by Crippen LogP contribution is 2.38. The molecule has 3 heterocycles. The van der Waals surface area contributed by atoms with Gasteiger partial charge in [-0.05, 0) is 66.7 Å². The van der Waals surface area contributed by atoms with E-state index in [4.69, 9.17) is 4.42 Å². The number of carbonyl (C=O) groups is 6. The van der Waals surface area contributed by atoms with Gasteiger partial charge >= 0.3 is 11.9 Å². The molecular formula is C31H15N3O9. The molecule has 0 saturated carbocycles. The van der Waals surface area contributed by atoms with Crippen LogP contribution in [0.3, 0.4) is 0 Å². The molecule has 4 amide bonds. The van der Waals surface area contributed by atoms with Crippen molar-refractivity contribution in [2.45, 2.75) is 0 Å². The summed E-state index contributed by atoms with van der Waals surface area (Å²) in [4.78, 5) is 82.9. The molecule has 2 aliphatic heterocycles. The maximum atomic E-state index is 13.5. The average molecular weight is 573 g/mol. The Morgan fingerprint density at radius 1 is 0.605 bits per heavy atom. The Bertz CT molecular complexity index is 2000. The van der Waals surface area contributed by atoms with Crippen LogP contribution in [0.25, 0.3) is 22.6 Å². The van der Waals surface area contributed by atoms with Gasteiger partial charge in [-0.3, -0.25) is 19.2 Å². The second kappa shape index (κ2) is 9.04. The highest BCUT2D eigenvalue weighted by atomic mass is 16.4. The van der Waals surface area contributed by atoms with Gasteiger partial charge in [-0.1, -0.05) is 12.1 Å². The summed E-state index contributed by atoms with van der Waals surface area (Å²) in [6.45, 7) is 0. The van der Waals surface area contributed by atoms with Crippen molar-refractivity contribution in [2.75, 3.05) is 9.80 Å². The molecule has 12 nitrogen and oxygen atoms in total. The fourth-order valence-electron chi connectivity index (χ4n) is 5.19. The molecule has 4 aromatic carbocycles. The molecule has 0 aliphatic carbocycles. The first-order valence-electron chi connectivity index (χ1n) is 12.7. The largest absolute Gasteiger partial charge is 0.478 e. The van der Waals surface area contributed by atoms with Crippen LogP contribution in [0.1, 0.15) is 62.1 Å². The Hall–Kier alpha value is -6.43. The number of carboxylic acids is 2. The predicted molar refractivity (Wildman–Crippen MR) is 149 cm³/mol. The fraction of sp³-hybridized carbons (Fsp3) is 0. The van der Waals surface area contributed by atoms with Gasteiger partial charge < -0.3 is 14.6 Å². The van der Waals surface area contributed by atoms with Gasteiger partial charge in [-0.2, -0.15) is 0 Å². The molecule has 7 rings (SSSR count). The number of benzene rings is 4. The predicted octanol–water partition coefficient (Wildman–Crippen LogP) is 4.49. The Labute approximate surface area is 240 Å². The molecule has 1 aromatic heterocycles. The van der Waals surface area contributed by atoms with Gasteiger partial charge in [-0.15, -0.1) is 0 Å². The highest BCUT2D eigenvalue weighted by molar-refractivity contribution is 6.36. The van der Waals surface area contributed by atoms with E-state index in [1.165, 1.54) is 42.5 Å². The summed E-state index contributed by atoms with van der Waals surface area (Å²) in [5.74, 6) is -5.60. The molecule has 0 saturated heterocycles. The molecule has 0 radical (unpaired) electrons. The van der Waals surface area contributed by atoms with Crippen molar-refractivity contribution >= 4 is 58.0 Å². The third-order valence-electron chi connectivity index (χ3n) is 7.23. The van der Waals surface area contributed by atoms with Gasteiger partial charge in [0, 0.05) is 5.56 Å². The lowest BCUT2D eigenvalue weighted by molar-refractivity contribution is 0.0686. The second-order valence-electron chi connectivity index (χ2n) is 9.75. The summed E-state index contributed by atoms with van der Waals surface area (Å²) in [6, 6.07) is 18.1. The van der Waals surface area contributed by atoms with E-state index in [9.17, 15) is 39.0 Å². The molecule has 0 atom stereocenters. The number of rotatable bonds is 5. The lowest BCUT2D eigenvalue weighted by atomic mass is 10.1. The van der Waals surface area contributed by atoms with E-state index < -0.39 is 35.6 Å². The monoisotopic (exact) mass is 573 g/mol.